The van der Waals surface area contributed by atoms with Gasteiger partial charge in [0.25, 0.3) is 5.91 Å². The predicted octanol–water partition coefficient (Wildman–Crippen LogP) is 1.39. The Morgan fingerprint density at radius 1 is 0.963 bits per heavy atom. The third-order valence-electron chi connectivity index (χ3n) is 3.55. The molecule has 27 heavy (non-hydrogen) atoms. The maximum atomic E-state index is 12.0. The summed E-state index contributed by atoms with van der Waals surface area (Å²) in [6.07, 6.45) is 1.67. The number of methoxy groups -OCH3 is 2. The zero-order valence-corrected chi connectivity index (χ0v) is 15.0. The summed E-state index contributed by atoms with van der Waals surface area (Å²) in [6, 6.07) is 7.17. The monoisotopic (exact) mass is 374 g/mol. The molecule has 9 nitrogen and oxygen atoms in total. The molecule has 0 unspecified atom stereocenters. The van der Waals surface area contributed by atoms with E-state index < -0.39 is 30.4 Å². The molecule has 0 aliphatic heterocycles. The fraction of sp³-hybridized carbons (Fsp3) is 0.222. The van der Waals surface area contributed by atoms with Crippen LogP contribution in [-0.2, 0) is 26.1 Å². The summed E-state index contributed by atoms with van der Waals surface area (Å²) >= 11 is 0. The van der Waals surface area contributed by atoms with Crippen LogP contribution < -0.4 is 5.32 Å². The number of aromatic nitrogens is 1. The van der Waals surface area contributed by atoms with Crippen LogP contribution in [-0.4, -0.2) is 49.2 Å². The number of rotatable bonds is 6. The van der Waals surface area contributed by atoms with Gasteiger partial charge in [0.1, 0.15) is 5.69 Å². The zero-order valence-electron chi connectivity index (χ0n) is 15.0. The van der Waals surface area contributed by atoms with Crippen molar-refractivity contribution < 1.29 is 33.4 Å². The molecule has 2 aromatic rings. The average Bonchev–Trinajstić information content (AvgIpc) is 3.10. The maximum Gasteiger partial charge on any atom is 0.355 e. The molecule has 0 radical (unpaired) electrons. The smallest absolute Gasteiger partial charge is 0.355 e. The third-order valence-corrected chi connectivity index (χ3v) is 3.55. The van der Waals surface area contributed by atoms with Crippen LogP contribution in [0.25, 0.3) is 0 Å². The van der Waals surface area contributed by atoms with Crippen molar-refractivity contribution in [2.45, 2.75) is 0 Å². The van der Waals surface area contributed by atoms with Gasteiger partial charge in [-0.25, -0.2) is 14.4 Å². The minimum Gasteiger partial charge on any atom is -0.465 e. The summed E-state index contributed by atoms with van der Waals surface area (Å²) in [7, 11) is 4.05. The molecule has 0 saturated heterocycles. The van der Waals surface area contributed by atoms with Gasteiger partial charge in [0.15, 0.2) is 6.61 Å². The molecule has 1 amide bonds. The number of benzene rings is 1. The molecule has 1 N–H and O–H groups in total. The first kappa shape index (κ1) is 19.7. The second-order valence-corrected chi connectivity index (χ2v) is 5.41. The SMILES string of the molecule is COC(=O)c1cc(NC(=O)COC(=O)c2cccn2C)cc(C(=O)OC)c1. The molecular weight excluding hydrogens is 356 g/mol. The standard InChI is InChI=1S/C18H18N2O7/c1-20-6-4-5-14(20)18(24)27-10-15(21)19-13-8-11(16(22)25-2)7-12(9-13)17(23)26-3/h4-9H,10H2,1-3H3,(H,19,21). The topological polar surface area (TPSA) is 113 Å². The van der Waals surface area contributed by atoms with Crippen LogP contribution in [0.4, 0.5) is 5.69 Å². The molecule has 0 fully saturated rings. The largest absolute Gasteiger partial charge is 0.465 e. The lowest BCUT2D eigenvalue weighted by Crippen LogP contribution is -2.22. The van der Waals surface area contributed by atoms with Crippen molar-refractivity contribution in [3.63, 3.8) is 0 Å². The summed E-state index contributed by atoms with van der Waals surface area (Å²) in [4.78, 5) is 47.4. The number of aryl methyl sites for hydroxylation is 1. The van der Waals surface area contributed by atoms with Gasteiger partial charge in [0.05, 0.1) is 25.3 Å². The van der Waals surface area contributed by atoms with Crippen LogP contribution >= 0.6 is 0 Å². The van der Waals surface area contributed by atoms with E-state index in [1.54, 1.807) is 29.9 Å². The number of nitrogens with one attached hydrogen (secondary N) is 1. The first-order valence-electron chi connectivity index (χ1n) is 7.75. The Morgan fingerprint density at radius 3 is 2.04 bits per heavy atom. The van der Waals surface area contributed by atoms with Gasteiger partial charge in [-0.1, -0.05) is 0 Å². The summed E-state index contributed by atoms with van der Waals surface area (Å²) in [5.41, 5.74) is 0.551. The molecule has 142 valence electrons. The molecule has 0 atom stereocenters. The average molecular weight is 374 g/mol. The highest BCUT2D eigenvalue weighted by molar-refractivity contribution is 6.00. The van der Waals surface area contributed by atoms with Gasteiger partial charge in [-0.15, -0.1) is 0 Å². The Kier molecular flexibility index (Phi) is 6.32. The van der Waals surface area contributed by atoms with Gasteiger partial charge in [0, 0.05) is 18.9 Å². The van der Waals surface area contributed by atoms with E-state index in [-0.39, 0.29) is 16.8 Å². The van der Waals surface area contributed by atoms with E-state index in [1.165, 1.54) is 32.4 Å². The summed E-state index contributed by atoms with van der Waals surface area (Å²) in [6.45, 7) is -0.542. The molecular formula is C18H18N2O7. The summed E-state index contributed by atoms with van der Waals surface area (Å²) < 4.78 is 15.7. The van der Waals surface area contributed by atoms with Crippen LogP contribution in [0.2, 0.25) is 0 Å². The van der Waals surface area contributed by atoms with Crippen molar-refractivity contribution in [1.82, 2.24) is 4.57 Å². The first-order chi connectivity index (χ1) is 12.8. The Labute approximate surface area is 154 Å². The van der Waals surface area contributed by atoms with E-state index in [0.717, 1.165) is 0 Å². The highest BCUT2D eigenvalue weighted by atomic mass is 16.5. The number of hydrogen-bond donors (Lipinski definition) is 1. The minimum absolute atomic E-state index is 0.0523. The Balaban J connectivity index is 2.09. The van der Waals surface area contributed by atoms with Crippen molar-refractivity contribution in [3.8, 4) is 0 Å². The van der Waals surface area contributed by atoms with Crippen LogP contribution in [0.1, 0.15) is 31.2 Å². The van der Waals surface area contributed by atoms with E-state index >= 15 is 0 Å². The van der Waals surface area contributed by atoms with Crippen LogP contribution in [0.3, 0.4) is 0 Å². The summed E-state index contributed by atoms with van der Waals surface area (Å²) in [5, 5.41) is 2.46. The molecule has 0 bridgehead atoms. The molecule has 9 heteroatoms. The van der Waals surface area contributed by atoms with Crippen molar-refractivity contribution in [3.05, 3.63) is 53.3 Å². The van der Waals surface area contributed by atoms with Gasteiger partial charge >= 0.3 is 17.9 Å². The quantitative estimate of drug-likeness (QED) is 0.600. The normalized spacial score (nSPS) is 10.0. The zero-order chi connectivity index (χ0) is 20.0. The van der Waals surface area contributed by atoms with E-state index in [0.29, 0.717) is 5.69 Å². The second-order valence-electron chi connectivity index (χ2n) is 5.41. The van der Waals surface area contributed by atoms with Crippen LogP contribution in [0, 0.1) is 0 Å². The number of esters is 3. The lowest BCUT2D eigenvalue weighted by Gasteiger charge is -2.10. The Hall–Kier alpha value is -3.62. The number of anilines is 1. The highest BCUT2D eigenvalue weighted by Gasteiger charge is 2.16. The molecule has 1 aromatic heterocycles. The Morgan fingerprint density at radius 2 is 1.56 bits per heavy atom. The number of nitrogens with zero attached hydrogens (tertiary/aromatic N) is 1. The summed E-state index contributed by atoms with van der Waals surface area (Å²) in [5.74, 6) is -2.68. The van der Waals surface area contributed by atoms with Gasteiger partial charge < -0.3 is 24.1 Å². The minimum atomic E-state index is -0.689. The van der Waals surface area contributed by atoms with Gasteiger partial charge in [-0.3, -0.25) is 4.79 Å². The molecule has 1 heterocycles. The molecule has 0 aliphatic rings. The van der Waals surface area contributed by atoms with Crippen LogP contribution in [0.5, 0.6) is 0 Å². The van der Waals surface area contributed by atoms with Gasteiger partial charge in [0.2, 0.25) is 0 Å². The predicted molar refractivity (Wildman–Crippen MR) is 93.4 cm³/mol. The molecule has 0 saturated carbocycles. The fourth-order valence-corrected chi connectivity index (χ4v) is 2.25. The maximum absolute atomic E-state index is 12.0. The number of carbonyl (C=O) groups excluding carboxylic acids is 4. The fourth-order valence-electron chi connectivity index (χ4n) is 2.25. The second kappa shape index (κ2) is 8.65. The molecule has 2 rings (SSSR count). The molecule has 0 spiro atoms. The van der Waals surface area contributed by atoms with Gasteiger partial charge in [-0.05, 0) is 30.3 Å². The lowest BCUT2D eigenvalue weighted by molar-refractivity contribution is -0.119. The van der Waals surface area contributed by atoms with E-state index in [2.05, 4.69) is 14.8 Å². The van der Waals surface area contributed by atoms with E-state index in [4.69, 9.17) is 4.74 Å². The number of hydrogen-bond acceptors (Lipinski definition) is 7. The van der Waals surface area contributed by atoms with Crippen LogP contribution in [0.15, 0.2) is 36.5 Å². The number of ether oxygens (including phenoxy) is 3. The molecule has 0 aliphatic carbocycles. The lowest BCUT2D eigenvalue weighted by atomic mass is 10.1. The highest BCUT2D eigenvalue weighted by Crippen LogP contribution is 2.17. The van der Waals surface area contributed by atoms with Crippen molar-refractivity contribution in [2.24, 2.45) is 7.05 Å². The number of amides is 1. The van der Waals surface area contributed by atoms with Crippen molar-refractivity contribution >= 4 is 29.5 Å². The first-order valence-corrected chi connectivity index (χ1v) is 7.75. The Bertz CT molecular complexity index is 851. The number of carbonyl (C=O) groups is 4. The van der Waals surface area contributed by atoms with Crippen molar-refractivity contribution in [2.75, 3.05) is 26.1 Å². The van der Waals surface area contributed by atoms with Crippen molar-refractivity contribution in [1.29, 1.82) is 0 Å². The van der Waals surface area contributed by atoms with E-state index in [1.807, 2.05) is 0 Å². The van der Waals surface area contributed by atoms with Gasteiger partial charge in [-0.2, -0.15) is 0 Å². The molecule has 1 aromatic carbocycles. The van der Waals surface area contributed by atoms with E-state index in [9.17, 15) is 19.2 Å². The third kappa shape index (κ3) is 4.94.